The van der Waals surface area contributed by atoms with Gasteiger partial charge >= 0.3 is 12.1 Å². The number of amides is 1. The molecule has 0 aliphatic rings. The first-order valence-electron chi connectivity index (χ1n) is 6.86. The number of benzene rings is 1. The first kappa shape index (κ1) is 19.9. The molecule has 0 fully saturated rings. The van der Waals surface area contributed by atoms with Crippen molar-refractivity contribution in [1.82, 2.24) is 5.32 Å². The molecule has 0 saturated heterocycles. The molecule has 9 heteroatoms. The number of hydrogen-bond acceptors (Lipinski definition) is 5. The second-order valence-corrected chi connectivity index (χ2v) is 4.96. The van der Waals surface area contributed by atoms with Gasteiger partial charge in [-0.25, -0.2) is 4.79 Å². The Morgan fingerprint density at radius 3 is 2.08 bits per heavy atom. The topological polar surface area (TPSA) is 84.9 Å². The van der Waals surface area contributed by atoms with E-state index in [9.17, 15) is 27.9 Å². The lowest BCUT2D eigenvalue weighted by Gasteiger charge is -2.34. The Hall–Kier alpha value is -2.13. The van der Waals surface area contributed by atoms with Gasteiger partial charge in [0, 0.05) is 12.7 Å². The van der Waals surface area contributed by atoms with Crippen molar-refractivity contribution in [3.05, 3.63) is 35.9 Å². The molecule has 0 spiro atoms. The maximum Gasteiger partial charge on any atom is 0.430 e. The first-order chi connectivity index (χ1) is 11.1. The predicted molar refractivity (Wildman–Crippen MR) is 76.8 cm³/mol. The van der Waals surface area contributed by atoms with Gasteiger partial charge < -0.3 is 19.9 Å². The largest absolute Gasteiger partial charge is 0.467 e. The highest BCUT2D eigenvalue weighted by molar-refractivity contribution is 5.91. The van der Waals surface area contributed by atoms with Crippen molar-refractivity contribution in [2.24, 2.45) is 0 Å². The van der Waals surface area contributed by atoms with Crippen LogP contribution < -0.4 is 5.32 Å². The van der Waals surface area contributed by atoms with E-state index in [1.165, 1.54) is 18.2 Å². The summed E-state index contributed by atoms with van der Waals surface area (Å²) in [6.45, 7) is 1.13. The molecule has 0 aliphatic heterocycles. The van der Waals surface area contributed by atoms with Gasteiger partial charge in [-0.05, 0) is 6.92 Å². The zero-order chi connectivity index (χ0) is 18.5. The molecule has 0 bridgehead atoms. The zero-order valence-electron chi connectivity index (χ0n) is 13.3. The van der Waals surface area contributed by atoms with Crippen LogP contribution in [0.4, 0.5) is 13.2 Å². The van der Waals surface area contributed by atoms with E-state index in [1.807, 2.05) is 5.32 Å². The standard InChI is InChI=1S/C15H18F3NO5/c1-9(20)11(12(21)23-2)19-13(22)14(24-3,15(16,17)18)10-7-5-4-6-8-10/h4-9,11,20H,1-3H3,(H,19,22)/t9-,11+,14?/m1/s1. The lowest BCUT2D eigenvalue weighted by atomic mass is 9.91. The molecule has 1 amide bonds. The number of alkyl halides is 3. The Bertz CT molecular complexity index is 576. The minimum Gasteiger partial charge on any atom is -0.467 e. The van der Waals surface area contributed by atoms with Crippen LogP contribution in [-0.2, 0) is 24.7 Å². The van der Waals surface area contributed by atoms with Gasteiger partial charge in [-0.2, -0.15) is 13.2 Å². The summed E-state index contributed by atoms with van der Waals surface area (Å²) in [6.07, 6.45) is -6.59. The van der Waals surface area contributed by atoms with Gasteiger partial charge in [0.25, 0.3) is 11.5 Å². The minimum atomic E-state index is -5.12. The van der Waals surface area contributed by atoms with E-state index < -0.39 is 41.4 Å². The van der Waals surface area contributed by atoms with Gasteiger partial charge in [-0.15, -0.1) is 0 Å². The fourth-order valence-corrected chi connectivity index (χ4v) is 2.17. The van der Waals surface area contributed by atoms with Crippen LogP contribution in [0.3, 0.4) is 0 Å². The van der Waals surface area contributed by atoms with Gasteiger partial charge in [0.05, 0.1) is 13.2 Å². The van der Waals surface area contributed by atoms with E-state index in [0.29, 0.717) is 0 Å². The van der Waals surface area contributed by atoms with Gasteiger partial charge in [-0.1, -0.05) is 30.3 Å². The van der Waals surface area contributed by atoms with Crippen molar-refractivity contribution in [2.75, 3.05) is 14.2 Å². The normalized spacial score (nSPS) is 16.6. The molecule has 1 rings (SSSR count). The average molecular weight is 349 g/mol. The molecule has 1 aromatic carbocycles. The smallest absolute Gasteiger partial charge is 0.430 e. The Balaban J connectivity index is 3.35. The summed E-state index contributed by atoms with van der Waals surface area (Å²) in [5, 5.41) is 11.4. The van der Waals surface area contributed by atoms with Crippen molar-refractivity contribution in [1.29, 1.82) is 0 Å². The highest BCUT2D eigenvalue weighted by Gasteiger charge is 2.63. The number of aliphatic hydroxyl groups excluding tert-OH is 1. The third-order valence-electron chi connectivity index (χ3n) is 3.43. The number of carbonyl (C=O) groups is 2. The summed E-state index contributed by atoms with van der Waals surface area (Å²) in [6, 6.07) is 4.58. The highest BCUT2D eigenvalue weighted by Crippen LogP contribution is 2.42. The Morgan fingerprint density at radius 2 is 1.71 bits per heavy atom. The van der Waals surface area contributed by atoms with Crippen molar-refractivity contribution in [2.45, 2.75) is 30.8 Å². The SMILES string of the molecule is COC(=O)[C@@H](NC(=O)C(OC)(c1ccccc1)C(F)(F)F)[C@@H](C)O. The highest BCUT2D eigenvalue weighted by atomic mass is 19.4. The van der Waals surface area contributed by atoms with Crippen molar-refractivity contribution in [3.8, 4) is 0 Å². The molecule has 134 valence electrons. The summed E-state index contributed by atoms with van der Waals surface area (Å²) in [5.41, 5.74) is -3.80. The Labute approximate surface area is 136 Å². The van der Waals surface area contributed by atoms with Crippen LogP contribution in [0.1, 0.15) is 12.5 Å². The number of hydrogen-bond donors (Lipinski definition) is 2. The Kier molecular flexibility index (Phi) is 6.33. The number of carbonyl (C=O) groups excluding carboxylic acids is 2. The number of esters is 1. The summed E-state index contributed by atoms with van der Waals surface area (Å²) in [4.78, 5) is 24.0. The maximum atomic E-state index is 13.7. The summed E-state index contributed by atoms with van der Waals surface area (Å²) in [7, 11) is 1.71. The van der Waals surface area contributed by atoms with Crippen LogP contribution in [0.2, 0.25) is 0 Å². The lowest BCUT2D eigenvalue weighted by Crippen LogP contribution is -2.60. The van der Waals surface area contributed by atoms with Crippen molar-refractivity contribution >= 4 is 11.9 Å². The third-order valence-corrected chi connectivity index (χ3v) is 3.43. The third kappa shape index (κ3) is 3.68. The summed E-state index contributed by atoms with van der Waals surface area (Å²) in [5.74, 6) is -2.72. The molecule has 1 aromatic rings. The number of aliphatic hydroxyl groups is 1. The molecule has 24 heavy (non-hydrogen) atoms. The van der Waals surface area contributed by atoms with E-state index in [4.69, 9.17) is 0 Å². The maximum absolute atomic E-state index is 13.7. The Morgan fingerprint density at radius 1 is 1.17 bits per heavy atom. The number of ether oxygens (including phenoxy) is 2. The van der Waals surface area contributed by atoms with Crippen LogP contribution in [0.25, 0.3) is 0 Å². The number of methoxy groups -OCH3 is 2. The molecular weight excluding hydrogens is 331 g/mol. The van der Waals surface area contributed by atoms with Crippen molar-refractivity contribution < 1.29 is 37.3 Å². The second kappa shape index (κ2) is 7.63. The van der Waals surface area contributed by atoms with Crippen LogP contribution in [0.5, 0.6) is 0 Å². The molecule has 0 aliphatic carbocycles. The monoisotopic (exact) mass is 349 g/mol. The molecule has 1 unspecified atom stereocenters. The number of nitrogens with one attached hydrogen (secondary N) is 1. The molecule has 3 atom stereocenters. The van der Waals surface area contributed by atoms with Crippen LogP contribution >= 0.6 is 0 Å². The fraction of sp³-hybridized carbons (Fsp3) is 0.467. The molecule has 0 aromatic heterocycles. The van der Waals surface area contributed by atoms with Crippen LogP contribution in [0.15, 0.2) is 30.3 Å². The minimum absolute atomic E-state index is 0.466. The molecule has 2 N–H and O–H groups in total. The molecule has 0 saturated carbocycles. The second-order valence-electron chi connectivity index (χ2n) is 4.96. The van der Waals surface area contributed by atoms with E-state index in [-0.39, 0.29) is 0 Å². The quantitative estimate of drug-likeness (QED) is 0.752. The molecule has 6 nitrogen and oxygen atoms in total. The van der Waals surface area contributed by atoms with Crippen LogP contribution in [0, 0.1) is 0 Å². The zero-order valence-corrected chi connectivity index (χ0v) is 13.3. The summed E-state index contributed by atoms with van der Waals surface area (Å²) < 4.78 is 50.0. The number of rotatable bonds is 6. The molecule has 0 radical (unpaired) electrons. The van der Waals surface area contributed by atoms with Gasteiger partial charge in [0.2, 0.25) is 0 Å². The van der Waals surface area contributed by atoms with Crippen LogP contribution in [-0.4, -0.2) is 49.5 Å². The van der Waals surface area contributed by atoms with Crippen molar-refractivity contribution in [3.63, 3.8) is 0 Å². The van der Waals surface area contributed by atoms with E-state index in [0.717, 1.165) is 33.3 Å². The van der Waals surface area contributed by atoms with Gasteiger partial charge in [-0.3, -0.25) is 4.79 Å². The average Bonchev–Trinajstić information content (AvgIpc) is 2.52. The number of halogens is 3. The first-order valence-corrected chi connectivity index (χ1v) is 6.86. The van der Waals surface area contributed by atoms with Gasteiger partial charge in [0.1, 0.15) is 0 Å². The predicted octanol–water partition coefficient (Wildman–Crippen LogP) is 1.13. The van der Waals surface area contributed by atoms with E-state index in [1.54, 1.807) is 0 Å². The summed E-state index contributed by atoms with van der Waals surface area (Å²) >= 11 is 0. The van der Waals surface area contributed by atoms with Gasteiger partial charge in [0.15, 0.2) is 6.04 Å². The fourth-order valence-electron chi connectivity index (χ4n) is 2.17. The lowest BCUT2D eigenvalue weighted by molar-refractivity contribution is -0.266. The van der Waals surface area contributed by atoms with E-state index in [2.05, 4.69) is 9.47 Å². The van der Waals surface area contributed by atoms with E-state index >= 15 is 0 Å². The molecule has 0 heterocycles. The molecular formula is C15H18F3NO5.